The molecule has 0 spiro atoms. The molecule has 0 radical (unpaired) electrons. The van der Waals surface area contributed by atoms with Gasteiger partial charge < -0.3 is 20.7 Å². The van der Waals surface area contributed by atoms with Crippen LogP contribution in [-0.4, -0.2) is 48.5 Å². The van der Waals surface area contributed by atoms with Crippen molar-refractivity contribution in [2.45, 2.75) is 24.9 Å². The fourth-order valence-electron chi connectivity index (χ4n) is 2.26. The van der Waals surface area contributed by atoms with Crippen LogP contribution in [0.3, 0.4) is 0 Å². The maximum Gasteiger partial charge on any atom is 0.346 e. The average molecular weight is 267 g/mol. The van der Waals surface area contributed by atoms with Gasteiger partial charge in [0, 0.05) is 6.42 Å². The summed E-state index contributed by atoms with van der Waals surface area (Å²) in [5.41, 5.74) is 6.09. The summed E-state index contributed by atoms with van der Waals surface area (Å²) in [6.45, 7) is -0.289. The van der Waals surface area contributed by atoms with Crippen molar-refractivity contribution in [3.63, 3.8) is 0 Å². The Morgan fingerprint density at radius 3 is 3.11 bits per heavy atom. The number of imidazole rings is 1. The number of hydrogen-bond donors (Lipinski definition) is 4. The molecule has 19 heavy (non-hydrogen) atoms. The number of aromatic nitrogens is 4. The summed E-state index contributed by atoms with van der Waals surface area (Å²) in [6, 6.07) is 0. The second kappa shape index (κ2) is 4.30. The first kappa shape index (κ1) is 12.1. The van der Waals surface area contributed by atoms with E-state index in [1.54, 1.807) is 0 Å². The van der Waals surface area contributed by atoms with Gasteiger partial charge in [0.05, 0.1) is 18.9 Å². The molecule has 3 heterocycles. The molecule has 1 fully saturated rings. The normalized spacial score (nSPS) is 27.2. The van der Waals surface area contributed by atoms with Crippen molar-refractivity contribution in [1.82, 2.24) is 19.5 Å². The Labute approximate surface area is 106 Å². The van der Waals surface area contributed by atoms with Gasteiger partial charge in [-0.2, -0.15) is 4.98 Å². The predicted octanol–water partition coefficient (Wildman–Crippen LogP) is -1.66. The molecule has 0 aromatic carbocycles. The van der Waals surface area contributed by atoms with Gasteiger partial charge in [-0.05, 0) is 0 Å². The molecule has 2 aromatic heterocycles. The number of nitrogens with two attached hydrogens (primary N) is 1. The van der Waals surface area contributed by atoms with Crippen LogP contribution in [0, 0.1) is 0 Å². The summed E-state index contributed by atoms with van der Waals surface area (Å²) in [7, 11) is 0. The van der Waals surface area contributed by atoms with Gasteiger partial charge in [0.1, 0.15) is 23.5 Å². The first-order valence-corrected chi connectivity index (χ1v) is 5.77. The van der Waals surface area contributed by atoms with Crippen LogP contribution in [0.15, 0.2) is 11.0 Å². The van der Waals surface area contributed by atoms with Crippen molar-refractivity contribution in [2.24, 2.45) is 0 Å². The van der Waals surface area contributed by atoms with Crippen LogP contribution >= 0.6 is 0 Å². The number of aromatic amines is 1. The SMILES string of the molecule is Nc1nc2cnc(=O)[nH]c2n1[C@@H]1C[C@@H](O)[C@H](CO)O1. The molecule has 0 aliphatic carbocycles. The third-order valence-corrected chi connectivity index (χ3v) is 3.17. The Morgan fingerprint density at radius 1 is 1.63 bits per heavy atom. The minimum Gasteiger partial charge on any atom is -0.394 e. The van der Waals surface area contributed by atoms with E-state index in [9.17, 15) is 9.90 Å². The Hall–Kier alpha value is -1.97. The van der Waals surface area contributed by atoms with Gasteiger partial charge in [0.25, 0.3) is 0 Å². The Bertz CT molecular complexity index is 665. The quantitative estimate of drug-likeness (QED) is 0.510. The summed E-state index contributed by atoms with van der Waals surface area (Å²) < 4.78 is 6.98. The summed E-state index contributed by atoms with van der Waals surface area (Å²) in [6.07, 6.45) is -0.479. The highest BCUT2D eigenvalue weighted by Gasteiger charge is 2.36. The largest absolute Gasteiger partial charge is 0.394 e. The van der Waals surface area contributed by atoms with Gasteiger partial charge >= 0.3 is 5.69 Å². The lowest BCUT2D eigenvalue weighted by Crippen LogP contribution is -2.24. The third-order valence-electron chi connectivity index (χ3n) is 3.17. The highest BCUT2D eigenvalue weighted by molar-refractivity contribution is 5.72. The van der Waals surface area contributed by atoms with E-state index in [0.717, 1.165) is 0 Å². The van der Waals surface area contributed by atoms with Gasteiger partial charge in [0.15, 0.2) is 0 Å². The lowest BCUT2D eigenvalue weighted by molar-refractivity contribution is -0.0425. The van der Waals surface area contributed by atoms with Crippen LogP contribution in [0.25, 0.3) is 11.2 Å². The van der Waals surface area contributed by atoms with Crippen molar-refractivity contribution < 1.29 is 14.9 Å². The minimum absolute atomic E-state index is 0.148. The number of ether oxygens (including phenoxy) is 1. The highest BCUT2D eigenvalue weighted by Crippen LogP contribution is 2.32. The van der Waals surface area contributed by atoms with Crippen LogP contribution in [0.4, 0.5) is 5.95 Å². The Morgan fingerprint density at radius 2 is 2.42 bits per heavy atom. The number of fused-ring (bicyclic) bond motifs is 1. The van der Waals surface area contributed by atoms with E-state index in [1.165, 1.54) is 10.8 Å². The van der Waals surface area contributed by atoms with E-state index in [2.05, 4.69) is 15.0 Å². The Balaban J connectivity index is 2.08. The average Bonchev–Trinajstić information content (AvgIpc) is 2.88. The molecule has 0 bridgehead atoms. The number of aliphatic hydroxyl groups excluding tert-OH is 2. The topological polar surface area (TPSA) is 139 Å². The molecule has 1 aliphatic heterocycles. The molecule has 3 rings (SSSR count). The Kier molecular flexibility index (Phi) is 2.73. The van der Waals surface area contributed by atoms with Crippen molar-refractivity contribution >= 4 is 17.1 Å². The maximum atomic E-state index is 11.3. The molecule has 102 valence electrons. The monoisotopic (exact) mass is 267 g/mol. The second-order valence-electron chi connectivity index (χ2n) is 4.38. The number of aliphatic hydroxyl groups is 2. The van der Waals surface area contributed by atoms with Crippen molar-refractivity contribution in [3.05, 3.63) is 16.7 Å². The number of nitrogen functional groups attached to an aromatic ring is 1. The van der Waals surface area contributed by atoms with Gasteiger partial charge in [0.2, 0.25) is 5.95 Å². The summed E-state index contributed by atoms with van der Waals surface area (Å²) in [5, 5.41) is 18.8. The standard InChI is InChI=1S/C10H13N5O4/c11-9-13-4-2-12-10(18)14-8(4)15(9)7-1-5(17)6(3-16)19-7/h2,5-7,16-17H,1,3H2,(H2,11,13)(H,12,14,18)/t5-,6+,7+/m1/s1. The fraction of sp³-hybridized carbons (Fsp3) is 0.500. The van der Waals surface area contributed by atoms with E-state index in [1.807, 2.05) is 0 Å². The van der Waals surface area contributed by atoms with E-state index in [0.29, 0.717) is 11.2 Å². The molecular weight excluding hydrogens is 254 g/mol. The zero-order valence-corrected chi connectivity index (χ0v) is 9.85. The number of H-pyrrole nitrogens is 1. The van der Waals surface area contributed by atoms with Crippen molar-refractivity contribution in [3.8, 4) is 0 Å². The van der Waals surface area contributed by atoms with Crippen LogP contribution in [-0.2, 0) is 4.74 Å². The van der Waals surface area contributed by atoms with Crippen LogP contribution < -0.4 is 11.4 Å². The zero-order valence-electron chi connectivity index (χ0n) is 9.85. The van der Waals surface area contributed by atoms with E-state index < -0.39 is 24.1 Å². The third kappa shape index (κ3) is 1.87. The van der Waals surface area contributed by atoms with Crippen molar-refractivity contribution in [1.29, 1.82) is 0 Å². The van der Waals surface area contributed by atoms with Gasteiger partial charge in [-0.1, -0.05) is 0 Å². The molecule has 3 atom stereocenters. The molecule has 0 unspecified atom stereocenters. The molecule has 2 aromatic rings. The smallest absolute Gasteiger partial charge is 0.346 e. The number of hydrogen-bond acceptors (Lipinski definition) is 7. The van der Waals surface area contributed by atoms with Crippen LogP contribution in [0.5, 0.6) is 0 Å². The van der Waals surface area contributed by atoms with Crippen molar-refractivity contribution in [2.75, 3.05) is 12.3 Å². The molecule has 1 saturated heterocycles. The van der Waals surface area contributed by atoms with Crippen LogP contribution in [0.2, 0.25) is 0 Å². The molecule has 5 N–H and O–H groups in total. The number of anilines is 1. The summed E-state index contributed by atoms with van der Waals surface area (Å²) in [4.78, 5) is 21.4. The van der Waals surface area contributed by atoms with Gasteiger partial charge in [-0.25, -0.2) is 9.78 Å². The first-order chi connectivity index (χ1) is 9.10. The van der Waals surface area contributed by atoms with Gasteiger partial charge in [-0.15, -0.1) is 0 Å². The molecule has 9 heteroatoms. The molecular formula is C10H13N5O4. The van der Waals surface area contributed by atoms with Gasteiger partial charge in [-0.3, -0.25) is 9.55 Å². The lowest BCUT2D eigenvalue weighted by Gasteiger charge is -2.14. The summed E-state index contributed by atoms with van der Waals surface area (Å²) >= 11 is 0. The first-order valence-electron chi connectivity index (χ1n) is 5.77. The van der Waals surface area contributed by atoms with Crippen LogP contribution in [0.1, 0.15) is 12.6 Å². The summed E-state index contributed by atoms with van der Waals surface area (Å²) in [5.74, 6) is 0.148. The molecule has 1 aliphatic rings. The minimum atomic E-state index is -0.791. The van der Waals surface area contributed by atoms with E-state index in [-0.39, 0.29) is 19.0 Å². The lowest BCUT2D eigenvalue weighted by atomic mass is 10.2. The molecule has 0 saturated carbocycles. The number of nitrogens with one attached hydrogen (secondary N) is 1. The zero-order chi connectivity index (χ0) is 13.6. The highest BCUT2D eigenvalue weighted by atomic mass is 16.5. The van der Waals surface area contributed by atoms with E-state index in [4.69, 9.17) is 15.6 Å². The second-order valence-corrected chi connectivity index (χ2v) is 4.38. The molecule has 0 amide bonds. The maximum absolute atomic E-state index is 11.3. The fourth-order valence-corrected chi connectivity index (χ4v) is 2.26. The predicted molar refractivity (Wildman–Crippen MR) is 64.2 cm³/mol. The number of rotatable bonds is 2. The molecule has 9 nitrogen and oxygen atoms in total. The van der Waals surface area contributed by atoms with E-state index >= 15 is 0 Å². The number of nitrogens with zero attached hydrogens (tertiary/aromatic N) is 3.